The Balaban J connectivity index is 1.69. The van der Waals surface area contributed by atoms with Crippen LogP contribution in [-0.2, 0) is 0 Å². The minimum atomic E-state index is 0.0430. The van der Waals surface area contributed by atoms with Crippen LogP contribution in [0.3, 0.4) is 0 Å². The molecule has 0 aliphatic rings. The fourth-order valence-electron chi connectivity index (χ4n) is 3.23. The lowest BCUT2D eigenvalue weighted by Gasteiger charge is -2.09. The van der Waals surface area contributed by atoms with Crippen LogP contribution in [0.15, 0.2) is 53.9 Å². The van der Waals surface area contributed by atoms with E-state index in [4.69, 9.17) is 14.2 Å². The van der Waals surface area contributed by atoms with Gasteiger partial charge in [-0.15, -0.1) is 11.3 Å². The first-order valence-corrected chi connectivity index (χ1v) is 10.7. The summed E-state index contributed by atoms with van der Waals surface area (Å²) >= 11 is 1.50. The van der Waals surface area contributed by atoms with Crippen molar-refractivity contribution in [2.75, 3.05) is 26.3 Å². The van der Waals surface area contributed by atoms with E-state index < -0.39 is 0 Å². The quantitative estimate of drug-likeness (QED) is 0.290. The molecule has 0 aliphatic carbocycles. The van der Waals surface area contributed by atoms with Crippen LogP contribution < -0.4 is 19.6 Å². The van der Waals surface area contributed by atoms with Gasteiger partial charge in [0.2, 0.25) is 0 Å². The summed E-state index contributed by atoms with van der Waals surface area (Å²) in [7, 11) is 3.12. The van der Waals surface area contributed by atoms with Crippen molar-refractivity contribution in [2.45, 2.75) is 6.92 Å². The molecule has 0 fully saturated rings. The van der Waals surface area contributed by atoms with Crippen LogP contribution in [0.5, 0.6) is 23.0 Å². The molecule has 0 spiro atoms. The lowest BCUT2D eigenvalue weighted by Crippen LogP contribution is -1.95. The summed E-state index contributed by atoms with van der Waals surface area (Å²) in [5.74, 6) is 2.43. The molecule has 0 saturated heterocycles. The number of phenols is 1. The van der Waals surface area contributed by atoms with Crippen LogP contribution in [-0.4, -0.2) is 42.1 Å². The number of hydrazone groups is 1. The number of hydrogen-bond donors (Lipinski definition) is 2. The number of phenolic OH excluding ortho intramolecular Hbond substituents is 1. The minimum absolute atomic E-state index is 0.0430. The van der Waals surface area contributed by atoms with E-state index in [1.807, 2.05) is 31.2 Å². The second-order valence-corrected chi connectivity index (χ2v) is 7.62. The molecule has 8 nitrogen and oxygen atoms in total. The molecule has 2 aromatic carbocycles. The van der Waals surface area contributed by atoms with Crippen molar-refractivity contribution in [1.82, 2.24) is 9.97 Å². The fraction of sp³-hybridized carbons (Fsp3) is 0.174. The Hall–Kier alpha value is -3.85. The van der Waals surface area contributed by atoms with Crippen LogP contribution in [0.1, 0.15) is 12.5 Å². The number of aromatic nitrogens is 2. The highest BCUT2D eigenvalue weighted by atomic mass is 32.1. The van der Waals surface area contributed by atoms with E-state index in [0.717, 1.165) is 20.9 Å². The normalized spacial score (nSPS) is 11.1. The molecular weight excluding hydrogens is 428 g/mol. The smallest absolute Gasteiger partial charge is 0.167 e. The summed E-state index contributed by atoms with van der Waals surface area (Å²) in [6.45, 7) is 2.51. The number of fused-ring (bicyclic) bond motifs is 1. The summed E-state index contributed by atoms with van der Waals surface area (Å²) in [6.07, 6.45) is 3.05. The average molecular weight is 451 g/mol. The van der Waals surface area contributed by atoms with Gasteiger partial charge in [-0.2, -0.15) is 5.10 Å². The van der Waals surface area contributed by atoms with E-state index in [1.165, 1.54) is 24.8 Å². The van der Waals surface area contributed by atoms with Crippen molar-refractivity contribution in [3.63, 3.8) is 0 Å². The highest BCUT2D eigenvalue weighted by Crippen LogP contribution is 2.47. The maximum absolute atomic E-state index is 9.93. The summed E-state index contributed by atoms with van der Waals surface area (Å²) in [6, 6.07) is 12.8. The zero-order chi connectivity index (χ0) is 22.5. The van der Waals surface area contributed by atoms with Gasteiger partial charge in [0.15, 0.2) is 23.1 Å². The van der Waals surface area contributed by atoms with Gasteiger partial charge in [0.25, 0.3) is 0 Å². The summed E-state index contributed by atoms with van der Waals surface area (Å²) in [5, 5.41) is 14.2. The van der Waals surface area contributed by atoms with E-state index in [-0.39, 0.29) is 5.75 Å². The number of nitrogens with zero attached hydrogens (tertiary/aromatic N) is 3. The first kappa shape index (κ1) is 21.4. The van der Waals surface area contributed by atoms with Gasteiger partial charge in [0, 0.05) is 5.56 Å². The van der Waals surface area contributed by atoms with E-state index in [1.54, 1.807) is 31.5 Å². The Morgan fingerprint density at radius 2 is 1.94 bits per heavy atom. The van der Waals surface area contributed by atoms with E-state index >= 15 is 0 Å². The highest BCUT2D eigenvalue weighted by molar-refractivity contribution is 7.23. The number of ether oxygens (including phenoxy) is 3. The van der Waals surface area contributed by atoms with Crippen LogP contribution in [0.2, 0.25) is 0 Å². The Labute approximate surface area is 189 Å². The van der Waals surface area contributed by atoms with Gasteiger partial charge in [0.1, 0.15) is 22.3 Å². The van der Waals surface area contributed by atoms with Crippen LogP contribution in [0.4, 0.5) is 5.82 Å². The molecular formula is C23H22N4O4S. The topological polar surface area (TPSA) is 98.1 Å². The molecule has 32 heavy (non-hydrogen) atoms. The van der Waals surface area contributed by atoms with Crippen molar-refractivity contribution >= 4 is 33.6 Å². The first-order chi connectivity index (χ1) is 15.7. The maximum atomic E-state index is 9.93. The third-order valence-corrected chi connectivity index (χ3v) is 5.85. The molecule has 0 amide bonds. The second-order valence-electron chi connectivity index (χ2n) is 6.59. The lowest BCUT2D eigenvalue weighted by atomic mass is 10.1. The van der Waals surface area contributed by atoms with E-state index in [0.29, 0.717) is 35.0 Å². The largest absolute Gasteiger partial charge is 0.504 e. The number of methoxy groups -OCH3 is 2. The van der Waals surface area contributed by atoms with Crippen molar-refractivity contribution in [2.24, 2.45) is 5.10 Å². The number of benzene rings is 2. The Bertz CT molecular complexity index is 1270. The summed E-state index contributed by atoms with van der Waals surface area (Å²) in [5.41, 5.74) is 5.29. The van der Waals surface area contributed by atoms with Crippen molar-refractivity contribution in [3.8, 4) is 33.4 Å². The highest BCUT2D eigenvalue weighted by Gasteiger charge is 2.21. The maximum Gasteiger partial charge on any atom is 0.167 e. The van der Waals surface area contributed by atoms with Crippen LogP contribution in [0, 0.1) is 0 Å². The molecule has 0 atom stereocenters. The molecule has 4 aromatic rings. The Kier molecular flexibility index (Phi) is 6.37. The number of para-hydroxylation sites is 1. The van der Waals surface area contributed by atoms with Gasteiger partial charge >= 0.3 is 0 Å². The molecule has 164 valence electrons. The number of nitrogens with one attached hydrogen (secondary N) is 1. The number of anilines is 1. The molecule has 4 rings (SSSR count). The van der Waals surface area contributed by atoms with Crippen molar-refractivity contribution in [1.29, 1.82) is 0 Å². The van der Waals surface area contributed by atoms with Crippen molar-refractivity contribution < 1.29 is 19.3 Å². The molecule has 2 heterocycles. The van der Waals surface area contributed by atoms with Crippen molar-refractivity contribution in [3.05, 3.63) is 54.4 Å². The molecule has 2 aromatic heterocycles. The Morgan fingerprint density at radius 1 is 1.09 bits per heavy atom. The third-order valence-electron chi connectivity index (χ3n) is 4.65. The number of aromatic hydroxyl groups is 1. The SMILES string of the molecule is CCOc1ccccc1-c1sc2c(N/N=C/c3ccc(OC)c(O)c3)ncnc2c1OC. The van der Waals surface area contributed by atoms with E-state index in [2.05, 4.69) is 20.5 Å². The monoisotopic (exact) mass is 450 g/mol. The first-order valence-electron chi connectivity index (χ1n) is 9.86. The third kappa shape index (κ3) is 4.15. The zero-order valence-corrected chi connectivity index (χ0v) is 18.6. The van der Waals surface area contributed by atoms with Gasteiger partial charge < -0.3 is 19.3 Å². The average Bonchev–Trinajstić information content (AvgIpc) is 3.19. The van der Waals surface area contributed by atoms with Gasteiger partial charge in [-0.25, -0.2) is 9.97 Å². The predicted octanol–water partition coefficient (Wildman–Crippen LogP) is 4.93. The number of hydrogen-bond acceptors (Lipinski definition) is 9. The molecule has 9 heteroatoms. The summed E-state index contributed by atoms with van der Waals surface area (Å²) in [4.78, 5) is 9.67. The van der Waals surface area contributed by atoms with Gasteiger partial charge in [-0.05, 0) is 42.8 Å². The fourth-order valence-corrected chi connectivity index (χ4v) is 4.42. The molecule has 0 saturated carbocycles. The van der Waals surface area contributed by atoms with E-state index in [9.17, 15) is 5.11 Å². The van der Waals surface area contributed by atoms with Gasteiger partial charge in [-0.1, -0.05) is 12.1 Å². The molecule has 0 radical (unpaired) electrons. The lowest BCUT2D eigenvalue weighted by molar-refractivity contribution is 0.341. The molecule has 0 bridgehead atoms. The Morgan fingerprint density at radius 3 is 2.69 bits per heavy atom. The number of thiophene rings is 1. The minimum Gasteiger partial charge on any atom is -0.504 e. The molecule has 0 aliphatic heterocycles. The molecule has 2 N–H and O–H groups in total. The molecule has 0 unspecified atom stereocenters. The van der Waals surface area contributed by atoms with Gasteiger partial charge in [0.05, 0.1) is 31.9 Å². The summed E-state index contributed by atoms with van der Waals surface area (Å²) < 4.78 is 17.4. The standard InChI is InChI=1S/C23H22N4O4S/c1-4-31-17-8-6-5-7-15(17)21-20(30-3)19-22(32-21)23(25-13-24-19)27-26-12-14-9-10-18(29-2)16(28)11-14/h5-13,28H,4H2,1-3H3,(H,24,25,27)/b26-12+. The number of rotatable bonds is 8. The van der Waals surface area contributed by atoms with Crippen LogP contribution in [0.25, 0.3) is 20.7 Å². The van der Waals surface area contributed by atoms with Gasteiger partial charge in [-0.3, -0.25) is 5.43 Å². The van der Waals surface area contributed by atoms with Crippen LogP contribution >= 0.6 is 11.3 Å². The predicted molar refractivity (Wildman–Crippen MR) is 126 cm³/mol. The second kappa shape index (κ2) is 9.52. The zero-order valence-electron chi connectivity index (χ0n) is 17.8.